The van der Waals surface area contributed by atoms with E-state index < -0.39 is 27.9 Å². The quantitative estimate of drug-likeness (QED) is 0.567. The van der Waals surface area contributed by atoms with Crippen LogP contribution in [0.5, 0.6) is 0 Å². The first-order valence-electron chi connectivity index (χ1n) is 8.45. The van der Waals surface area contributed by atoms with Gasteiger partial charge < -0.3 is 21.3 Å². The molecule has 0 aromatic heterocycles. The lowest BCUT2D eigenvalue weighted by atomic mass is 10.1. The van der Waals surface area contributed by atoms with Crippen LogP contribution in [0.2, 0.25) is 0 Å². The molecule has 0 aliphatic carbocycles. The van der Waals surface area contributed by atoms with E-state index in [1.165, 1.54) is 26.2 Å². The molecule has 0 saturated carbocycles. The van der Waals surface area contributed by atoms with Crippen LogP contribution in [0.4, 0.5) is 11.4 Å². The zero-order valence-electron chi connectivity index (χ0n) is 16.6. The van der Waals surface area contributed by atoms with Gasteiger partial charge >= 0.3 is 0 Å². The number of nitrogens with two attached hydrogens (primary N) is 1. The van der Waals surface area contributed by atoms with E-state index in [1.54, 1.807) is 25.1 Å². The summed E-state index contributed by atoms with van der Waals surface area (Å²) in [7, 11) is 2.76. The fourth-order valence-corrected chi connectivity index (χ4v) is 3.09. The summed E-state index contributed by atoms with van der Waals surface area (Å²) in [6, 6.07) is 3.77. The zero-order valence-corrected chi connectivity index (χ0v) is 17.4. The van der Waals surface area contributed by atoms with E-state index in [1.807, 2.05) is 13.8 Å². The number of anilines is 2. The number of hydrogen-bond acceptors (Lipinski definition) is 6. The number of sulfonamides is 1. The Morgan fingerprint density at radius 3 is 2.22 bits per heavy atom. The molecule has 0 radical (unpaired) electrons. The maximum absolute atomic E-state index is 12.3. The van der Waals surface area contributed by atoms with Gasteiger partial charge in [-0.1, -0.05) is 13.8 Å². The standard InChI is InChI=1S/C17H29N5O4S/c1-11(2)16(18)17(24)19-10-15(23)20-13-9-12(27(25,26)22(5)6)7-8-14(13)21(3)4/h7-9,11,16H,10,18H2,1-6H3,(H,19,24)(H,20,23)/t16-/m0/s1. The number of carbonyl (C=O) groups is 2. The van der Waals surface area contributed by atoms with Crippen molar-refractivity contribution in [1.82, 2.24) is 9.62 Å². The second-order valence-corrected chi connectivity index (χ2v) is 9.05. The molecule has 1 aromatic carbocycles. The summed E-state index contributed by atoms with van der Waals surface area (Å²) in [5, 5.41) is 5.13. The predicted octanol–water partition coefficient (Wildman–Crippen LogP) is 0.0409. The summed E-state index contributed by atoms with van der Waals surface area (Å²) in [6.45, 7) is 3.35. The fourth-order valence-electron chi connectivity index (χ4n) is 2.16. The lowest BCUT2D eigenvalue weighted by Crippen LogP contribution is -2.46. The summed E-state index contributed by atoms with van der Waals surface area (Å²) < 4.78 is 25.8. The molecule has 9 nitrogen and oxygen atoms in total. The van der Waals surface area contributed by atoms with Crippen LogP contribution in [0.25, 0.3) is 0 Å². The smallest absolute Gasteiger partial charge is 0.243 e. The van der Waals surface area contributed by atoms with Crippen molar-refractivity contribution in [3.8, 4) is 0 Å². The molecule has 1 atom stereocenters. The van der Waals surface area contributed by atoms with Gasteiger partial charge in [0.05, 0.1) is 28.9 Å². The molecule has 27 heavy (non-hydrogen) atoms. The minimum absolute atomic E-state index is 0.0543. The maximum atomic E-state index is 12.3. The van der Waals surface area contributed by atoms with Gasteiger partial charge in [-0.05, 0) is 24.1 Å². The van der Waals surface area contributed by atoms with E-state index in [4.69, 9.17) is 5.73 Å². The first-order chi connectivity index (χ1) is 12.4. The van der Waals surface area contributed by atoms with Gasteiger partial charge in [-0.3, -0.25) is 9.59 Å². The van der Waals surface area contributed by atoms with Gasteiger partial charge in [-0.25, -0.2) is 12.7 Å². The number of hydrogen-bond donors (Lipinski definition) is 3. The lowest BCUT2D eigenvalue weighted by molar-refractivity contribution is -0.125. The van der Waals surface area contributed by atoms with Crippen LogP contribution < -0.4 is 21.3 Å². The molecule has 1 rings (SSSR count). The van der Waals surface area contributed by atoms with Crippen molar-refractivity contribution in [3.63, 3.8) is 0 Å². The van der Waals surface area contributed by atoms with E-state index >= 15 is 0 Å². The SMILES string of the molecule is CC(C)[C@H](N)C(=O)NCC(=O)Nc1cc(S(=O)(=O)N(C)C)ccc1N(C)C. The third-order valence-corrected chi connectivity index (χ3v) is 5.76. The van der Waals surface area contributed by atoms with E-state index in [-0.39, 0.29) is 17.4 Å². The van der Waals surface area contributed by atoms with Gasteiger partial charge in [0.25, 0.3) is 0 Å². The second-order valence-electron chi connectivity index (χ2n) is 6.90. The average molecular weight is 400 g/mol. The van der Waals surface area contributed by atoms with Crippen LogP contribution in [-0.4, -0.2) is 65.3 Å². The van der Waals surface area contributed by atoms with E-state index in [9.17, 15) is 18.0 Å². The van der Waals surface area contributed by atoms with Gasteiger partial charge in [-0.15, -0.1) is 0 Å². The molecular formula is C17H29N5O4S. The van der Waals surface area contributed by atoms with Crippen LogP contribution in [0.15, 0.2) is 23.1 Å². The second kappa shape index (κ2) is 9.16. The Bertz CT molecular complexity index is 791. The van der Waals surface area contributed by atoms with Gasteiger partial charge in [-0.2, -0.15) is 0 Å². The Hall–Kier alpha value is -2.17. The molecule has 1 aromatic rings. The Morgan fingerprint density at radius 1 is 1.15 bits per heavy atom. The average Bonchev–Trinajstić information content (AvgIpc) is 2.58. The number of amides is 2. The minimum Gasteiger partial charge on any atom is -0.376 e. The van der Waals surface area contributed by atoms with Crippen molar-refractivity contribution in [2.45, 2.75) is 24.8 Å². The molecule has 10 heteroatoms. The topological polar surface area (TPSA) is 125 Å². The molecule has 2 amide bonds. The van der Waals surface area contributed by atoms with Crippen molar-refractivity contribution in [2.24, 2.45) is 11.7 Å². The van der Waals surface area contributed by atoms with E-state index in [0.29, 0.717) is 11.4 Å². The van der Waals surface area contributed by atoms with Crippen LogP contribution in [-0.2, 0) is 19.6 Å². The maximum Gasteiger partial charge on any atom is 0.243 e. The van der Waals surface area contributed by atoms with Crippen molar-refractivity contribution < 1.29 is 18.0 Å². The van der Waals surface area contributed by atoms with Crippen molar-refractivity contribution in [3.05, 3.63) is 18.2 Å². The molecule has 0 spiro atoms. The van der Waals surface area contributed by atoms with Crippen molar-refractivity contribution >= 4 is 33.2 Å². The molecule has 0 heterocycles. The number of nitrogens with zero attached hydrogens (tertiary/aromatic N) is 2. The third kappa shape index (κ3) is 5.91. The normalized spacial score (nSPS) is 12.8. The molecule has 0 aliphatic rings. The zero-order chi connectivity index (χ0) is 20.9. The highest BCUT2D eigenvalue weighted by atomic mass is 32.2. The van der Waals surface area contributed by atoms with Crippen molar-refractivity contribution in [1.29, 1.82) is 0 Å². The molecule has 4 N–H and O–H groups in total. The molecular weight excluding hydrogens is 370 g/mol. The Balaban J connectivity index is 3.00. The number of rotatable bonds is 8. The summed E-state index contributed by atoms with van der Waals surface area (Å²) in [5.41, 5.74) is 6.70. The first kappa shape index (κ1) is 22.9. The molecule has 0 aliphatic heterocycles. The van der Waals surface area contributed by atoms with Gasteiger partial charge in [0.1, 0.15) is 0 Å². The van der Waals surface area contributed by atoms with E-state index in [2.05, 4.69) is 10.6 Å². The van der Waals surface area contributed by atoms with Crippen LogP contribution in [0.1, 0.15) is 13.8 Å². The van der Waals surface area contributed by atoms with Gasteiger partial charge in [0, 0.05) is 28.2 Å². The van der Waals surface area contributed by atoms with Crippen LogP contribution in [0, 0.1) is 5.92 Å². The highest BCUT2D eigenvalue weighted by molar-refractivity contribution is 7.89. The highest BCUT2D eigenvalue weighted by Gasteiger charge is 2.21. The number of nitrogens with one attached hydrogen (secondary N) is 2. The fraction of sp³-hybridized carbons (Fsp3) is 0.529. The first-order valence-corrected chi connectivity index (χ1v) is 9.89. The van der Waals surface area contributed by atoms with Gasteiger partial charge in [0.15, 0.2) is 0 Å². The highest BCUT2D eigenvalue weighted by Crippen LogP contribution is 2.28. The predicted molar refractivity (Wildman–Crippen MR) is 106 cm³/mol. The summed E-state index contributed by atoms with van der Waals surface area (Å²) in [5.74, 6) is -0.958. The number of carbonyl (C=O) groups excluding carboxylic acids is 2. The van der Waals surface area contributed by atoms with Crippen LogP contribution >= 0.6 is 0 Å². The summed E-state index contributed by atoms with van der Waals surface area (Å²) in [4.78, 5) is 25.9. The Morgan fingerprint density at radius 2 is 1.74 bits per heavy atom. The molecule has 0 unspecified atom stereocenters. The molecule has 0 fully saturated rings. The van der Waals surface area contributed by atoms with Gasteiger partial charge in [0.2, 0.25) is 21.8 Å². The Labute approximate surface area is 160 Å². The van der Waals surface area contributed by atoms with E-state index in [0.717, 1.165) is 4.31 Å². The Kier molecular flexibility index (Phi) is 7.76. The van der Waals surface area contributed by atoms with Crippen molar-refractivity contribution in [2.75, 3.05) is 45.0 Å². The largest absolute Gasteiger partial charge is 0.376 e. The van der Waals surface area contributed by atoms with Crippen LogP contribution in [0.3, 0.4) is 0 Å². The number of benzene rings is 1. The molecule has 152 valence electrons. The minimum atomic E-state index is -3.65. The molecule has 0 bridgehead atoms. The molecule has 0 saturated heterocycles. The monoisotopic (exact) mass is 399 g/mol. The summed E-state index contributed by atoms with van der Waals surface area (Å²) >= 11 is 0. The summed E-state index contributed by atoms with van der Waals surface area (Å²) in [6.07, 6.45) is 0. The third-order valence-electron chi connectivity index (χ3n) is 3.95. The lowest BCUT2D eigenvalue weighted by Gasteiger charge is -2.20.